The number of rotatable bonds is 5. The second kappa shape index (κ2) is 7.01. The summed E-state index contributed by atoms with van der Waals surface area (Å²) in [7, 11) is 0. The van der Waals surface area contributed by atoms with Crippen LogP contribution in [0.2, 0.25) is 0 Å². The number of likely N-dealkylation sites (N-methyl/N-ethyl adjacent to an activating group) is 1. The molecule has 0 saturated carbocycles. The van der Waals surface area contributed by atoms with Crippen LogP contribution in [-0.2, 0) is 0 Å². The van der Waals surface area contributed by atoms with Gasteiger partial charge in [-0.15, -0.1) is 0 Å². The molecule has 0 radical (unpaired) electrons. The van der Waals surface area contributed by atoms with Crippen molar-refractivity contribution < 1.29 is 0 Å². The molecule has 0 aliphatic heterocycles. The fourth-order valence-electron chi connectivity index (χ4n) is 2.33. The van der Waals surface area contributed by atoms with Gasteiger partial charge < -0.3 is 5.32 Å². The first-order valence-corrected chi connectivity index (χ1v) is 7.69. The van der Waals surface area contributed by atoms with Crippen LogP contribution in [0.1, 0.15) is 36.9 Å². The summed E-state index contributed by atoms with van der Waals surface area (Å²) in [5.41, 5.74) is 2.66. The van der Waals surface area contributed by atoms with E-state index in [2.05, 4.69) is 83.1 Å². The van der Waals surface area contributed by atoms with Crippen molar-refractivity contribution >= 4 is 22.6 Å². The highest BCUT2D eigenvalue weighted by atomic mass is 127. The average Bonchev–Trinajstić information content (AvgIpc) is 2.46. The second-order valence-electron chi connectivity index (χ2n) is 4.66. The van der Waals surface area contributed by atoms with Crippen LogP contribution >= 0.6 is 22.6 Å². The molecule has 0 spiro atoms. The third-order valence-electron chi connectivity index (χ3n) is 3.39. The predicted octanol–water partition coefficient (Wildman–Crippen LogP) is 4.14. The van der Waals surface area contributed by atoms with E-state index in [4.69, 9.17) is 0 Å². The van der Waals surface area contributed by atoms with Gasteiger partial charge in [-0.1, -0.05) is 26.0 Å². The van der Waals surface area contributed by atoms with E-state index in [0.717, 1.165) is 6.54 Å². The molecular formula is C16H19IN2. The Labute approximate surface area is 128 Å². The maximum Gasteiger partial charge on any atom is 0.0386 e. The van der Waals surface area contributed by atoms with Crippen LogP contribution in [0, 0.1) is 3.57 Å². The molecule has 2 aromatic rings. The van der Waals surface area contributed by atoms with E-state index in [0.29, 0.717) is 12.0 Å². The van der Waals surface area contributed by atoms with Gasteiger partial charge in [0.25, 0.3) is 0 Å². The molecule has 1 N–H and O–H groups in total. The molecule has 0 amide bonds. The van der Waals surface area contributed by atoms with E-state index < -0.39 is 0 Å². The number of hydrogen-bond acceptors (Lipinski definition) is 2. The fraction of sp³-hybridized carbons (Fsp3) is 0.312. The largest absolute Gasteiger partial charge is 0.310 e. The maximum atomic E-state index is 4.10. The molecule has 100 valence electrons. The van der Waals surface area contributed by atoms with Gasteiger partial charge in [-0.3, -0.25) is 4.98 Å². The lowest BCUT2D eigenvalue weighted by atomic mass is 9.89. The van der Waals surface area contributed by atoms with Gasteiger partial charge in [-0.25, -0.2) is 0 Å². The van der Waals surface area contributed by atoms with Gasteiger partial charge in [0.05, 0.1) is 0 Å². The molecule has 0 aliphatic carbocycles. The Morgan fingerprint density at radius 1 is 1.05 bits per heavy atom. The van der Waals surface area contributed by atoms with Crippen molar-refractivity contribution in [3.05, 3.63) is 63.5 Å². The minimum atomic E-state index is 0.337. The highest BCUT2D eigenvalue weighted by Gasteiger charge is 2.19. The van der Waals surface area contributed by atoms with Gasteiger partial charge in [0.2, 0.25) is 0 Å². The third kappa shape index (κ3) is 3.76. The molecule has 2 atom stereocenters. The number of aromatic nitrogens is 1. The molecule has 1 aromatic heterocycles. The molecular weight excluding hydrogens is 347 g/mol. The van der Waals surface area contributed by atoms with E-state index in [-0.39, 0.29) is 0 Å². The predicted molar refractivity (Wildman–Crippen MR) is 88.2 cm³/mol. The molecule has 0 saturated heterocycles. The van der Waals surface area contributed by atoms with Crippen molar-refractivity contribution in [1.29, 1.82) is 0 Å². The molecule has 0 aliphatic rings. The highest BCUT2D eigenvalue weighted by Crippen LogP contribution is 2.30. The van der Waals surface area contributed by atoms with Crippen molar-refractivity contribution in [3.63, 3.8) is 0 Å². The molecule has 1 aromatic carbocycles. The van der Waals surface area contributed by atoms with Crippen molar-refractivity contribution in [2.24, 2.45) is 0 Å². The number of nitrogens with one attached hydrogen (secondary N) is 1. The Kier molecular flexibility index (Phi) is 5.34. The van der Waals surface area contributed by atoms with Gasteiger partial charge >= 0.3 is 0 Å². The van der Waals surface area contributed by atoms with E-state index in [1.54, 1.807) is 0 Å². The Bertz CT molecular complexity index is 496. The number of benzene rings is 1. The monoisotopic (exact) mass is 366 g/mol. The standard InChI is InChI=1S/C16H19IN2/c1-3-19-16(14-4-6-15(17)7-5-14)12(2)13-8-10-18-11-9-13/h4-12,16,19H,3H2,1-2H3. The summed E-state index contributed by atoms with van der Waals surface area (Å²) in [6.07, 6.45) is 3.73. The number of hydrogen-bond donors (Lipinski definition) is 1. The lowest BCUT2D eigenvalue weighted by Gasteiger charge is -2.25. The topological polar surface area (TPSA) is 24.9 Å². The van der Waals surface area contributed by atoms with Crippen LogP contribution in [0.5, 0.6) is 0 Å². The van der Waals surface area contributed by atoms with E-state index >= 15 is 0 Å². The van der Waals surface area contributed by atoms with Crippen molar-refractivity contribution in [2.75, 3.05) is 6.54 Å². The zero-order chi connectivity index (χ0) is 13.7. The summed E-state index contributed by atoms with van der Waals surface area (Å²) in [4.78, 5) is 4.10. The second-order valence-corrected chi connectivity index (χ2v) is 5.90. The van der Waals surface area contributed by atoms with E-state index in [9.17, 15) is 0 Å². The normalized spacial score (nSPS) is 14.1. The molecule has 2 nitrogen and oxygen atoms in total. The fourth-order valence-corrected chi connectivity index (χ4v) is 2.69. The molecule has 3 heteroatoms. The molecule has 0 bridgehead atoms. The third-order valence-corrected chi connectivity index (χ3v) is 4.10. The number of nitrogens with zero attached hydrogens (tertiary/aromatic N) is 1. The minimum Gasteiger partial charge on any atom is -0.310 e. The molecule has 19 heavy (non-hydrogen) atoms. The minimum absolute atomic E-state index is 0.337. The highest BCUT2D eigenvalue weighted by molar-refractivity contribution is 14.1. The smallest absolute Gasteiger partial charge is 0.0386 e. The number of halogens is 1. The van der Waals surface area contributed by atoms with Crippen molar-refractivity contribution in [3.8, 4) is 0 Å². The van der Waals surface area contributed by atoms with Crippen LogP contribution in [-0.4, -0.2) is 11.5 Å². The summed E-state index contributed by atoms with van der Waals surface area (Å²) >= 11 is 2.34. The maximum absolute atomic E-state index is 4.10. The van der Waals surface area contributed by atoms with Crippen LogP contribution in [0.3, 0.4) is 0 Å². The number of pyridine rings is 1. The van der Waals surface area contributed by atoms with Crippen LogP contribution in [0.15, 0.2) is 48.8 Å². The summed E-state index contributed by atoms with van der Waals surface area (Å²) < 4.78 is 1.27. The molecule has 0 fully saturated rings. The Hall–Kier alpha value is -0.940. The Morgan fingerprint density at radius 2 is 1.68 bits per heavy atom. The van der Waals surface area contributed by atoms with Crippen molar-refractivity contribution in [1.82, 2.24) is 10.3 Å². The SMILES string of the molecule is CCNC(c1ccc(I)cc1)C(C)c1ccncc1. The lowest BCUT2D eigenvalue weighted by molar-refractivity contribution is 0.479. The summed E-state index contributed by atoms with van der Waals surface area (Å²) in [6, 6.07) is 13.3. The van der Waals surface area contributed by atoms with Gasteiger partial charge in [-0.05, 0) is 64.5 Å². The summed E-state index contributed by atoms with van der Waals surface area (Å²) in [5, 5.41) is 3.59. The quantitative estimate of drug-likeness (QED) is 0.805. The van der Waals surface area contributed by atoms with Crippen LogP contribution in [0.4, 0.5) is 0 Å². The first-order chi connectivity index (χ1) is 9.22. The first kappa shape index (κ1) is 14.5. The van der Waals surface area contributed by atoms with E-state index in [1.165, 1.54) is 14.7 Å². The van der Waals surface area contributed by atoms with Gasteiger partial charge in [0.1, 0.15) is 0 Å². The summed E-state index contributed by atoms with van der Waals surface area (Å²) in [5.74, 6) is 0.419. The van der Waals surface area contributed by atoms with Crippen LogP contribution in [0.25, 0.3) is 0 Å². The zero-order valence-electron chi connectivity index (χ0n) is 11.3. The molecule has 2 unspecified atom stereocenters. The van der Waals surface area contributed by atoms with Gasteiger partial charge in [-0.2, -0.15) is 0 Å². The summed E-state index contributed by atoms with van der Waals surface area (Å²) in [6.45, 7) is 5.38. The first-order valence-electron chi connectivity index (χ1n) is 6.61. The molecule has 1 heterocycles. The molecule has 2 rings (SSSR count). The van der Waals surface area contributed by atoms with Gasteiger partial charge in [0, 0.05) is 27.9 Å². The Morgan fingerprint density at radius 3 is 2.26 bits per heavy atom. The zero-order valence-corrected chi connectivity index (χ0v) is 13.5. The van der Waals surface area contributed by atoms with E-state index in [1.807, 2.05) is 12.4 Å². The van der Waals surface area contributed by atoms with Gasteiger partial charge in [0.15, 0.2) is 0 Å². The average molecular weight is 366 g/mol. The van der Waals surface area contributed by atoms with Crippen molar-refractivity contribution in [2.45, 2.75) is 25.8 Å². The lowest BCUT2D eigenvalue weighted by Crippen LogP contribution is -2.25. The Balaban J connectivity index is 2.27. The van der Waals surface area contributed by atoms with Crippen LogP contribution < -0.4 is 5.32 Å².